The van der Waals surface area contributed by atoms with Crippen LogP contribution in [0, 0.1) is 5.92 Å². The monoisotopic (exact) mass is 254 g/mol. The van der Waals surface area contributed by atoms with Gasteiger partial charge in [0.05, 0.1) is 0 Å². The van der Waals surface area contributed by atoms with Crippen molar-refractivity contribution >= 4 is 0 Å². The predicted molar refractivity (Wildman–Crippen MR) is 81.0 cm³/mol. The summed E-state index contributed by atoms with van der Waals surface area (Å²) in [7, 11) is 0. The van der Waals surface area contributed by atoms with E-state index in [1.165, 1.54) is 58.2 Å². The van der Waals surface area contributed by atoms with Crippen molar-refractivity contribution in [2.45, 2.75) is 78.3 Å². The molecule has 1 atom stereocenters. The largest absolute Gasteiger partial charge is 0.314 e. The summed E-state index contributed by atoms with van der Waals surface area (Å²) in [6, 6.07) is 1.49. The summed E-state index contributed by atoms with van der Waals surface area (Å²) < 4.78 is 0. The van der Waals surface area contributed by atoms with E-state index < -0.39 is 0 Å². The van der Waals surface area contributed by atoms with Gasteiger partial charge in [0, 0.05) is 12.1 Å². The SMILES string of the molecule is CC(C)CCCCNC1CCCN(C(C)C)CC1. The van der Waals surface area contributed by atoms with Gasteiger partial charge in [0.1, 0.15) is 0 Å². The van der Waals surface area contributed by atoms with E-state index >= 15 is 0 Å². The maximum Gasteiger partial charge on any atom is 0.00797 e. The van der Waals surface area contributed by atoms with Crippen LogP contribution in [0.5, 0.6) is 0 Å². The van der Waals surface area contributed by atoms with E-state index in [2.05, 4.69) is 37.9 Å². The number of nitrogens with zero attached hydrogens (tertiary/aromatic N) is 1. The van der Waals surface area contributed by atoms with Gasteiger partial charge in [-0.05, 0) is 65.1 Å². The summed E-state index contributed by atoms with van der Waals surface area (Å²) in [5, 5.41) is 3.77. The van der Waals surface area contributed by atoms with Gasteiger partial charge in [0.2, 0.25) is 0 Å². The number of unbranched alkanes of at least 4 members (excludes halogenated alkanes) is 1. The molecule has 1 saturated heterocycles. The molecule has 0 aromatic heterocycles. The minimum atomic E-state index is 0.717. The molecule has 0 amide bonds. The molecule has 0 aliphatic carbocycles. The van der Waals surface area contributed by atoms with E-state index in [4.69, 9.17) is 0 Å². The van der Waals surface area contributed by atoms with Crippen molar-refractivity contribution in [2.75, 3.05) is 19.6 Å². The van der Waals surface area contributed by atoms with Gasteiger partial charge in [0.25, 0.3) is 0 Å². The Hall–Kier alpha value is -0.0800. The number of rotatable bonds is 7. The molecule has 0 bridgehead atoms. The third kappa shape index (κ3) is 6.75. The van der Waals surface area contributed by atoms with E-state index in [9.17, 15) is 0 Å². The molecular formula is C16H34N2. The van der Waals surface area contributed by atoms with Gasteiger partial charge >= 0.3 is 0 Å². The van der Waals surface area contributed by atoms with Crippen LogP contribution in [0.1, 0.15) is 66.2 Å². The molecule has 1 rings (SSSR count). The second-order valence-corrected chi connectivity index (χ2v) is 6.60. The minimum Gasteiger partial charge on any atom is -0.314 e. The topological polar surface area (TPSA) is 15.3 Å². The maximum absolute atomic E-state index is 3.77. The molecule has 1 N–H and O–H groups in total. The van der Waals surface area contributed by atoms with Crippen molar-refractivity contribution < 1.29 is 0 Å². The molecule has 0 spiro atoms. The van der Waals surface area contributed by atoms with Gasteiger partial charge in [-0.15, -0.1) is 0 Å². The average Bonchev–Trinajstić information content (AvgIpc) is 2.53. The highest BCUT2D eigenvalue weighted by molar-refractivity contribution is 4.76. The van der Waals surface area contributed by atoms with E-state index in [0.717, 1.165) is 18.0 Å². The van der Waals surface area contributed by atoms with Gasteiger partial charge in [-0.2, -0.15) is 0 Å². The van der Waals surface area contributed by atoms with Crippen LogP contribution in [-0.4, -0.2) is 36.6 Å². The molecule has 1 fully saturated rings. The molecule has 1 aliphatic heterocycles. The summed E-state index contributed by atoms with van der Waals surface area (Å²) in [5.41, 5.74) is 0. The van der Waals surface area contributed by atoms with Crippen LogP contribution in [-0.2, 0) is 0 Å². The Morgan fingerprint density at radius 3 is 2.50 bits per heavy atom. The van der Waals surface area contributed by atoms with E-state index in [-0.39, 0.29) is 0 Å². The Kier molecular flexibility index (Phi) is 7.92. The zero-order valence-corrected chi connectivity index (χ0v) is 13.0. The Balaban J connectivity index is 2.08. The van der Waals surface area contributed by atoms with Crippen molar-refractivity contribution in [2.24, 2.45) is 5.92 Å². The predicted octanol–water partition coefficient (Wildman–Crippen LogP) is 3.67. The van der Waals surface area contributed by atoms with Gasteiger partial charge in [-0.1, -0.05) is 26.7 Å². The first-order valence-electron chi connectivity index (χ1n) is 8.07. The first-order chi connectivity index (χ1) is 8.59. The molecular weight excluding hydrogens is 220 g/mol. The number of nitrogens with one attached hydrogen (secondary N) is 1. The van der Waals surface area contributed by atoms with Crippen LogP contribution in [0.25, 0.3) is 0 Å². The molecule has 108 valence electrons. The molecule has 1 heterocycles. The molecule has 2 nitrogen and oxygen atoms in total. The van der Waals surface area contributed by atoms with Gasteiger partial charge in [-0.25, -0.2) is 0 Å². The number of likely N-dealkylation sites (tertiary alicyclic amines) is 1. The van der Waals surface area contributed by atoms with Crippen LogP contribution in [0.3, 0.4) is 0 Å². The fraction of sp³-hybridized carbons (Fsp3) is 1.00. The van der Waals surface area contributed by atoms with E-state index in [1.807, 2.05) is 0 Å². The zero-order chi connectivity index (χ0) is 13.4. The average molecular weight is 254 g/mol. The van der Waals surface area contributed by atoms with Crippen LogP contribution in [0.2, 0.25) is 0 Å². The van der Waals surface area contributed by atoms with Crippen molar-refractivity contribution in [3.8, 4) is 0 Å². The molecule has 0 aromatic rings. The highest BCUT2D eigenvalue weighted by Crippen LogP contribution is 2.13. The second-order valence-electron chi connectivity index (χ2n) is 6.60. The summed E-state index contributed by atoms with van der Waals surface area (Å²) in [5.74, 6) is 0.863. The Morgan fingerprint density at radius 2 is 1.83 bits per heavy atom. The minimum absolute atomic E-state index is 0.717. The molecule has 0 radical (unpaired) electrons. The molecule has 18 heavy (non-hydrogen) atoms. The van der Waals surface area contributed by atoms with Crippen molar-refractivity contribution in [3.63, 3.8) is 0 Å². The second kappa shape index (κ2) is 8.92. The zero-order valence-electron chi connectivity index (χ0n) is 13.0. The van der Waals surface area contributed by atoms with Gasteiger partial charge < -0.3 is 10.2 Å². The quantitative estimate of drug-likeness (QED) is 0.697. The summed E-state index contributed by atoms with van der Waals surface area (Å²) >= 11 is 0. The van der Waals surface area contributed by atoms with Crippen molar-refractivity contribution in [1.29, 1.82) is 0 Å². The number of hydrogen-bond donors (Lipinski definition) is 1. The Morgan fingerprint density at radius 1 is 1.06 bits per heavy atom. The normalized spacial score (nSPS) is 22.7. The van der Waals surface area contributed by atoms with E-state index in [1.54, 1.807) is 0 Å². The molecule has 0 aromatic carbocycles. The van der Waals surface area contributed by atoms with Crippen molar-refractivity contribution in [3.05, 3.63) is 0 Å². The molecule has 0 saturated carbocycles. The van der Waals surface area contributed by atoms with E-state index in [0.29, 0.717) is 0 Å². The third-order valence-corrected chi connectivity index (χ3v) is 4.13. The Bertz CT molecular complexity index is 201. The summed E-state index contributed by atoms with van der Waals surface area (Å²) in [6.07, 6.45) is 8.18. The first kappa shape index (κ1) is 16.0. The Labute approximate surface area is 115 Å². The summed E-state index contributed by atoms with van der Waals surface area (Å²) in [4.78, 5) is 2.63. The number of hydrogen-bond acceptors (Lipinski definition) is 2. The lowest BCUT2D eigenvalue weighted by Gasteiger charge is -2.24. The fourth-order valence-electron chi connectivity index (χ4n) is 2.82. The lowest BCUT2D eigenvalue weighted by molar-refractivity contribution is 0.229. The highest BCUT2D eigenvalue weighted by atomic mass is 15.1. The van der Waals surface area contributed by atoms with Crippen LogP contribution < -0.4 is 5.32 Å². The first-order valence-corrected chi connectivity index (χ1v) is 8.07. The lowest BCUT2D eigenvalue weighted by atomic mass is 10.1. The van der Waals surface area contributed by atoms with Crippen LogP contribution >= 0.6 is 0 Å². The fourth-order valence-corrected chi connectivity index (χ4v) is 2.82. The molecule has 2 heteroatoms. The third-order valence-electron chi connectivity index (χ3n) is 4.13. The van der Waals surface area contributed by atoms with Crippen LogP contribution in [0.15, 0.2) is 0 Å². The summed E-state index contributed by atoms with van der Waals surface area (Å²) in [6.45, 7) is 13.1. The maximum atomic E-state index is 3.77. The standard InChI is InChI=1S/C16H34N2/c1-14(2)8-5-6-11-17-16-9-7-12-18(13-10-16)15(3)4/h14-17H,5-13H2,1-4H3. The smallest absolute Gasteiger partial charge is 0.00797 e. The van der Waals surface area contributed by atoms with Crippen LogP contribution in [0.4, 0.5) is 0 Å². The van der Waals surface area contributed by atoms with Gasteiger partial charge in [0.15, 0.2) is 0 Å². The lowest BCUT2D eigenvalue weighted by Crippen LogP contribution is -2.34. The molecule has 1 unspecified atom stereocenters. The van der Waals surface area contributed by atoms with Gasteiger partial charge in [-0.3, -0.25) is 0 Å². The molecule has 1 aliphatic rings. The highest BCUT2D eigenvalue weighted by Gasteiger charge is 2.17. The van der Waals surface area contributed by atoms with Crippen molar-refractivity contribution in [1.82, 2.24) is 10.2 Å².